The van der Waals surface area contributed by atoms with Crippen molar-refractivity contribution in [2.75, 3.05) is 39.7 Å². The molecule has 6 N–H and O–H groups in total. The number of hydrogen-bond donors (Lipinski definition) is 4. The Balaban J connectivity index is 1.21. The average molecular weight is 662 g/mol. The Morgan fingerprint density at radius 3 is 2.83 bits per heavy atom. The Hall–Kier alpha value is -2.21. The first-order valence-corrected chi connectivity index (χ1v) is 16.3. The first-order chi connectivity index (χ1) is 19.0. The molecule has 2 amide bonds. The molecule has 40 heavy (non-hydrogen) atoms. The predicted octanol–water partition coefficient (Wildman–Crippen LogP) is 0.430. The van der Waals surface area contributed by atoms with Crippen molar-refractivity contribution in [3.8, 4) is 0 Å². The van der Waals surface area contributed by atoms with E-state index in [1.807, 2.05) is 0 Å². The van der Waals surface area contributed by atoms with Gasteiger partial charge in [0.1, 0.15) is 11.4 Å². The number of carbonyl (C=O) groups excluding carboxylic acids is 3. The van der Waals surface area contributed by atoms with Crippen molar-refractivity contribution in [3.63, 3.8) is 0 Å². The second kappa shape index (κ2) is 12.0. The van der Waals surface area contributed by atoms with Crippen LogP contribution in [0.15, 0.2) is 44.8 Å². The zero-order valence-electron chi connectivity index (χ0n) is 20.6. The number of fused-ring (bicyclic) bond motifs is 2. The number of β-lactam (4-membered cyclic amide) rings is 1. The summed E-state index contributed by atoms with van der Waals surface area (Å²) in [5.74, 6) is -1.09. The first-order valence-electron chi connectivity index (χ1n) is 11.5. The molecule has 1 fully saturated rings. The maximum Gasteiger partial charge on any atom is 0.421 e. The number of carboxylic acid groups (broad SMARTS) is 1. The Morgan fingerprint density at radius 1 is 1.30 bits per heavy atom. The van der Waals surface area contributed by atoms with Crippen LogP contribution >= 0.6 is 70.2 Å². The lowest BCUT2D eigenvalue weighted by atomic mass is 10.1. The smallest absolute Gasteiger partial charge is 0.421 e. The Kier molecular flexibility index (Phi) is 8.75. The van der Waals surface area contributed by atoms with Crippen LogP contribution in [0.5, 0.6) is 0 Å². The number of nitrogens with zero attached hydrogens (tertiary/aromatic N) is 4. The van der Waals surface area contributed by atoms with Crippen molar-refractivity contribution in [1.29, 1.82) is 0 Å². The second-order valence-corrected chi connectivity index (χ2v) is 14.0. The van der Waals surface area contributed by atoms with E-state index in [1.165, 1.54) is 51.9 Å². The van der Waals surface area contributed by atoms with Crippen LogP contribution in [0, 0.1) is 0 Å². The fourth-order valence-electron chi connectivity index (χ4n) is 4.09. The highest BCUT2D eigenvalue weighted by Crippen LogP contribution is 2.44. The summed E-state index contributed by atoms with van der Waals surface area (Å²) >= 11 is 17.4. The lowest BCUT2D eigenvalue weighted by Crippen LogP contribution is -2.71. The topological polar surface area (TPSA) is 174 Å². The summed E-state index contributed by atoms with van der Waals surface area (Å²) in [6, 6.07) is 5.80. The molecule has 3 unspecified atom stereocenters. The number of carbonyl (C=O) groups is 3. The van der Waals surface area contributed by atoms with Gasteiger partial charge in [-0.05, 0) is 18.2 Å². The maximum atomic E-state index is 13.0. The highest BCUT2D eigenvalue weighted by Gasteiger charge is 2.53. The van der Waals surface area contributed by atoms with E-state index in [-0.39, 0.29) is 17.4 Å². The number of nitrogens with two attached hydrogens (primary N) is 2. The van der Waals surface area contributed by atoms with Crippen LogP contribution in [-0.4, -0.2) is 69.0 Å². The van der Waals surface area contributed by atoms with Gasteiger partial charge in [-0.25, -0.2) is 10.3 Å². The Bertz CT molecular complexity index is 1430. The highest BCUT2D eigenvalue weighted by molar-refractivity contribution is 8.18. The highest BCUT2D eigenvalue weighted by atomic mass is 35.5. The van der Waals surface area contributed by atoms with Gasteiger partial charge < -0.3 is 21.0 Å². The zero-order valence-corrected chi connectivity index (χ0v) is 25.4. The third-order valence-corrected chi connectivity index (χ3v) is 11.5. The number of nitrogens with one attached hydrogen (secondary N) is 2. The summed E-state index contributed by atoms with van der Waals surface area (Å²) in [6.07, 6.45) is -0.473. The van der Waals surface area contributed by atoms with E-state index in [0.29, 0.717) is 42.4 Å². The number of halogens is 2. The second-order valence-electron chi connectivity index (χ2n) is 8.62. The van der Waals surface area contributed by atoms with Crippen LogP contribution < -0.4 is 36.9 Å². The largest absolute Gasteiger partial charge is 0.543 e. The summed E-state index contributed by atoms with van der Waals surface area (Å²) in [5, 5.41) is 16.4. The molecule has 5 rings (SSSR count). The van der Waals surface area contributed by atoms with E-state index < -0.39 is 29.6 Å². The van der Waals surface area contributed by atoms with Gasteiger partial charge in [0.2, 0.25) is 18.0 Å². The molecule has 212 valence electrons. The molecule has 0 saturated carbocycles. The molecule has 3 aliphatic heterocycles. The third kappa shape index (κ3) is 5.75. The quantitative estimate of drug-likeness (QED) is 0.0959. The molecule has 3 atom stereocenters. The van der Waals surface area contributed by atoms with Crippen molar-refractivity contribution in [3.05, 3.63) is 44.9 Å². The van der Waals surface area contributed by atoms with Gasteiger partial charge >= 0.3 is 5.95 Å². The van der Waals surface area contributed by atoms with E-state index >= 15 is 0 Å². The van der Waals surface area contributed by atoms with Crippen LogP contribution in [0.2, 0.25) is 10.0 Å². The van der Waals surface area contributed by atoms with Gasteiger partial charge in [-0.2, -0.15) is 0 Å². The maximum absolute atomic E-state index is 13.0. The Labute approximate surface area is 255 Å². The molecule has 18 heteroatoms. The minimum absolute atomic E-state index is 0.0134. The SMILES string of the molecule is CN1c2nc(N)cc(SCSC3=C(C(=O)[O-])N4C(=O)C(NC(=O)CSc5cc(Cl)ccc5Cl)C4SC3)[n+]2NC1N. The molecule has 0 radical (unpaired) electrons. The number of anilines is 2. The minimum atomic E-state index is -1.44. The summed E-state index contributed by atoms with van der Waals surface area (Å²) in [7, 11) is 1.78. The summed E-state index contributed by atoms with van der Waals surface area (Å²) in [5.41, 5.74) is 14.9. The van der Waals surface area contributed by atoms with Gasteiger partial charge in [-0.15, -0.1) is 40.0 Å². The molecule has 1 aromatic heterocycles. The van der Waals surface area contributed by atoms with Gasteiger partial charge in [0.15, 0.2) is 5.03 Å². The van der Waals surface area contributed by atoms with Crippen LogP contribution in [0.1, 0.15) is 0 Å². The third-order valence-electron chi connectivity index (χ3n) is 6.05. The number of benzene rings is 1. The lowest BCUT2D eigenvalue weighted by Gasteiger charge is -2.50. The average Bonchev–Trinajstić information content (AvgIpc) is 3.20. The first kappa shape index (κ1) is 29.3. The van der Waals surface area contributed by atoms with Gasteiger partial charge in [-0.1, -0.05) is 39.9 Å². The number of carboxylic acids is 1. The van der Waals surface area contributed by atoms with Crippen molar-refractivity contribution in [2.24, 2.45) is 5.73 Å². The van der Waals surface area contributed by atoms with Crippen molar-refractivity contribution in [1.82, 2.24) is 15.2 Å². The van der Waals surface area contributed by atoms with Crippen molar-refractivity contribution in [2.45, 2.75) is 27.6 Å². The van der Waals surface area contributed by atoms with Crippen molar-refractivity contribution >= 4 is 99.8 Å². The number of aromatic nitrogens is 2. The number of aliphatic carboxylic acids is 1. The lowest BCUT2D eigenvalue weighted by molar-refractivity contribution is -0.670. The van der Waals surface area contributed by atoms with Gasteiger partial charge in [0, 0.05) is 26.6 Å². The molecule has 0 bridgehead atoms. The summed E-state index contributed by atoms with van der Waals surface area (Å²) in [6.45, 7) is 0. The number of hydrogen-bond acceptors (Lipinski definition) is 13. The van der Waals surface area contributed by atoms with Crippen molar-refractivity contribution < 1.29 is 24.2 Å². The Morgan fingerprint density at radius 2 is 2.08 bits per heavy atom. The number of thioether (sulfide) groups is 4. The number of rotatable bonds is 9. The molecule has 0 aliphatic carbocycles. The normalized spacial score (nSPS) is 21.5. The standard InChI is InChI=1S/C22H22Cl2N8O4S4/c1-30-21(26)29-32-15(5-13(25)27-22(30)32)40-8-39-12-6-38-19-16(18(34)31(19)17(12)20(35)36)28-14(33)7-37-11-4-9(23)2-3-10(11)24/h2-5,16,19,21,25,29H,6-8,26H2,1H3,(H2,28,33,35,36). The fraction of sp³-hybridized carbons (Fsp3) is 0.318. The zero-order chi connectivity index (χ0) is 28.7. The van der Waals surface area contributed by atoms with Gasteiger partial charge in [0.05, 0.1) is 34.6 Å². The molecule has 3 aliphatic rings. The van der Waals surface area contributed by atoms with Crippen LogP contribution in [-0.2, 0) is 14.4 Å². The predicted molar refractivity (Wildman–Crippen MR) is 157 cm³/mol. The molecular formula is C22H22Cl2N8O4S4. The van der Waals surface area contributed by atoms with Gasteiger partial charge in [0.25, 0.3) is 5.91 Å². The molecule has 2 aromatic rings. The van der Waals surface area contributed by atoms with E-state index in [2.05, 4.69) is 15.7 Å². The van der Waals surface area contributed by atoms with Gasteiger partial charge in [-0.3, -0.25) is 20.2 Å². The van der Waals surface area contributed by atoms with Crippen LogP contribution in [0.25, 0.3) is 0 Å². The number of nitrogen functional groups attached to an aromatic ring is 1. The molecule has 1 saturated heterocycles. The molecular weight excluding hydrogens is 639 g/mol. The van der Waals surface area contributed by atoms with E-state index in [1.54, 1.807) is 40.9 Å². The molecule has 4 heterocycles. The van der Waals surface area contributed by atoms with E-state index in [9.17, 15) is 19.5 Å². The minimum Gasteiger partial charge on any atom is -0.543 e. The summed E-state index contributed by atoms with van der Waals surface area (Å²) < 4.78 is 1.72. The van der Waals surface area contributed by atoms with Crippen LogP contribution in [0.4, 0.5) is 11.8 Å². The molecule has 12 nitrogen and oxygen atoms in total. The number of amides is 2. The molecule has 1 aromatic carbocycles. The van der Waals surface area contributed by atoms with E-state index in [4.69, 9.17) is 34.7 Å². The monoisotopic (exact) mass is 660 g/mol. The van der Waals surface area contributed by atoms with E-state index in [0.717, 1.165) is 5.03 Å². The molecule has 0 spiro atoms. The fourth-order valence-corrected chi connectivity index (χ4v) is 9.20. The van der Waals surface area contributed by atoms with Crippen LogP contribution in [0.3, 0.4) is 0 Å². The summed E-state index contributed by atoms with van der Waals surface area (Å²) in [4.78, 5) is 46.0.